The SMILES string of the molecule is CCC(C)CC[C@H](C)OC1CCN(CC(C)C)CC1. The van der Waals surface area contributed by atoms with Crippen LogP contribution in [-0.4, -0.2) is 36.7 Å². The molecule has 0 spiro atoms. The van der Waals surface area contributed by atoms with Crippen LogP contribution in [0.5, 0.6) is 0 Å². The second-order valence-electron chi connectivity index (χ2n) is 6.93. The molecule has 114 valence electrons. The van der Waals surface area contributed by atoms with Crippen molar-refractivity contribution in [1.82, 2.24) is 4.90 Å². The van der Waals surface area contributed by atoms with Crippen LogP contribution in [0, 0.1) is 11.8 Å². The van der Waals surface area contributed by atoms with Crippen molar-refractivity contribution in [2.75, 3.05) is 19.6 Å². The number of nitrogens with zero attached hydrogens (tertiary/aromatic N) is 1. The molecular weight excluding hydrogens is 234 g/mol. The van der Waals surface area contributed by atoms with Crippen molar-refractivity contribution in [2.45, 2.75) is 78.9 Å². The molecule has 2 heteroatoms. The standard InChI is InChI=1S/C17H35NO/c1-6-15(4)7-8-16(5)19-17-9-11-18(12-10-17)13-14(2)3/h14-17H,6-13H2,1-5H3/t15?,16-/m0/s1. The first-order chi connectivity index (χ1) is 9.01. The second kappa shape index (κ2) is 8.97. The Bertz CT molecular complexity index is 221. The maximum Gasteiger partial charge on any atom is 0.0603 e. The lowest BCUT2D eigenvalue weighted by Crippen LogP contribution is -2.39. The minimum atomic E-state index is 0.440. The summed E-state index contributed by atoms with van der Waals surface area (Å²) in [6.45, 7) is 15.2. The maximum absolute atomic E-state index is 6.21. The van der Waals surface area contributed by atoms with Gasteiger partial charge < -0.3 is 9.64 Å². The molecule has 1 unspecified atom stereocenters. The van der Waals surface area contributed by atoms with Gasteiger partial charge in [-0.05, 0) is 44.4 Å². The molecule has 0 N–H and O–H groups in total. The Morgan fingerprint density at radius 2 is 1.68 bits per heavy atom. The highest BCUT2D eigenvalue weighted by Crippen LogP contribution is 2.19. The topological polar surface area (TPSA) is 12.5 Å². The van der Waals surface area contributed by atoms with Gasteiger partial charge in [-0.25, -0.2) is 0 Å². The Hall–Kier alpha value is -0.0800. The Morgan fingerprint density at radius 1 is 1.05 bits per heavy atom. The van der Waals surface area contributed by atoms with Gasteiger partial charge in [0.2, 0.25) is 0 Å². The molecule has 0 aliphatic carbocycles. The molecule has 0 amide bonds. The lowest BCUT2D eigenvalue weighted by Gasteiger charge is -2.34. The Balaban J connectivity index is 2.14. The van der Waals surface area contributed by atoms with E-state index < -0.39 is 0 Å². The summed E-state index contributed by atoms with van der Waals surface area (Å²) >= 11 is 0. The van der Waals surface area contributed by atoms with Crippen molar-refractivity contribution in [3.8, 4) is 0 Å². The van der Waals surface area contributed by atoms with Crippen LogP contribution in [0.15, 0.2) is 0 Å². The van der Waals surface area contributed by atoms with Gasteiger partial charge in [-0.1, -0.05) is 34.1 Å². The van der Waals surface area contributed by atoms with Gasteiger partial charge in [0.05, 0.1) is 12.2 Å². The molecule has 1 fully saturated rings. The minimum Gasteiger partial charge on any atom is -0.375 e. The van der Waals surface area contributed by atoms with Crippen molar-refractivity contribution in [3.63, 3.8) is 0 Å². The second-order valence-corrected chi connectivity index (χ2v) is 6.93. The van der Waals surface area contributed by atoms with Crippen molar-refractivity contribution in [1.29, 1.82) is 0 Å². The summed E-state index contributed by atoms with van der Waals surface area (Å²) in [6, 6.07) is 0. The van der Waals surface area contributed by atoms with Gasteiger partial charge in [0.15, 0.2) is 0 Å². The molecule has 1 heterocycles. The molecule has 0 aromatic carbocycles. The molecule has 0 aromatic heterocycles. The smallest absolute Gasteiger partial charge is 0.0603 e. The fraction of sp³-hybridized carbons (Fsp3) is 1.00. The normalized spacial score (nSPS) is 21.8. The monoisotopic (exact) mass is 269 g/mol. The van der Waals surface area contributed by atoms with Crippen molar-refractivity contribution < 1.29 is 4.74 Å². The van der Waals surface area contributed by atoms with E-state index in [2.05, 4.69) is 39.5 Å². The highest BCUT2D eigenvalue weighted by molar-refractivity contribution is 4.74. The van der Waals surface area contributed by atoms with E-state index in [-0.39, 0.29) is 0 Å². The highest BCUT2D eigenvalue weighted by Gasteiger charge is 2.21. The number of rotatable bonds is 8. The molecule has 2 atom stereocenters. The quantitative estimate of drug-likeness (QED) is 0.650. The first-order valence-electron chi connectivity index (χ1n) is 8.39. The predicted molar refractivity (Wildman–Crippen MR) is 83.5 cm³/mol. The summed E-state index contributed by atoms with van der Waals surface area (Å²) in [5.74, 6) is 1.63. The number of likely N-dealkylation sites (tertiary alicyclic amines) is 1. The van der Waals surface area contributed by atoms with Crippen molar-refractivity contribution >= 4 is 0 Å². The zero-order chi connectivity index (χ0) is 14.3. The van der Waals surface area contributed by atoms with E-state index in [4.69, 9.17) is 4.74 Å². The molecule has 1 saturated heterocycles. The largest absolute Gasteiger partial charge is 0.375 e. The summed E-state index contributed by atoms with van der Waals surface area (Å²) in [5, 5.41) is 0. The number of ether oxygens (including phenoxy) is 1. The average molecular weight is 269 g/mol. The van der Waals surface area contributed by atoms with E-state index in [0.717, 1.165) is 11.8 Å². The summed E-state index contributed by atoms with van der Waals surface area (Å²) in [5.41, 5.74) is 0. The molecule has 2 nitrogen and oxygen atoms in total. The van der Waals surface area contributed by atoms with Crippen LogP contribution in [0.2, 0.25) is 0 Å². The number of hydrogen-bond acceptors (Lipinski definition) is 2. The van der Waals surface area contributed by atoms with E-state index in [1.54, 1.807) is 0 Å². The lowest BCUT2D eigenvalue weighted by molar-refractivity contribution is -0.0404. The van der Waals surface area contributed by atoms with Gasteiger partial charge in [-0.2, -0.15) is 0 Å². The molecular formula is C17H35NO. The van der Waals surface area contributed by atoms with Gasteiger partial charge >= 0.3 is 0 Å². The number of hydrogen-bond donors (Lipinski definition) is 0. The molecule has 1 aliphatic heterocycles. The van der Waals surface area contributed by atoms with E-state index in [9.17, 15) is 0 Å². The Labute approximate surface area is 120 Å². The summed E-state index contributed by atoms with van der Waals surface area (Å²) < 4.78 is 6.21. The van der Waals surface area contributed by atoms with E-state index >= 15 is 0 Å². The third-order valence-corrected chi connectivity index (χ3v) is 4.35. The average Bonchev–Trinajstić information content (AvgIpc) is 2.37. The third kappa shape index (κ3) is 7.31. The summed E-state index contributed by atoms with van der Waals surface area (Å²) in [7, 11) is 0. The van der Waals surface area contributed by atoms with Gasteiger partial charge in [-0.3, -0.25) is 0 Å². The fourth-order valence-corrected chi connectivity index (χ4v) is 2.86. The van der Waals surface area contributed by atoms with Gasteiger partial charge in [0, 0.05) is 19.6 Å². The predicted octanol–water partition coefficient (Wildman–Crippen LogP) is 4.34. The van der Waals surface area contributed by atoms with E-state index in [0.29, 0.717) is 12.2 Å². The van der Waals surface area contributed by atoms with Crippen molar-refractivity contribution in [3.05, 3.63) is 0 Å². The van der Waals surface area contributed by atoms with Crippen LogP contribution in [-0.2, 0) is 4.74 Å². The van der Waals surface area contributed by atoms with Crippen LogP contribution in [0.1, 0.15) is 66.7 Å². The molecule has 0 saturated carbocycles. The summed E-state index contributed by atoms with van der Waals surface area (Å²) in [4.78, 5) is 2.59. The van der Waals surface area contributed by atoms with Crippen molar-refractivity contribution in [2.24, 2.45) is 11.8 Å². The van der Waals surface area contributed by atoms with Gasteiger partial charge in [0.1, 0.15) is 0 Å². The van der Waals surface area contributed by atoms with Crippen LogP contribution in [0.25, 0.3) is 0 Å². The fourth-order valence-electron chi connectivity index (χ4n) is 2.86. The molecule has 0 aromatic rings. The van der Waals surface area contributed by atoms with Crippen LogP contribution < -0.4 is 0 Å². The number of piperidine rings is 1. The zero-order valence-electron chi connectivity index (χ0n) is 13.8. The molecule has 19 heavy (non-hydrogen) atoms. The molecule has 1 rings (SSSR count). The first kappa shape index (κ1) is 17.0. The van der Waals surface area contributed by atoms with E-state index in [1.165, 1.54) is 51.7 Å². The Kier molecular flexibility index (Phi) is 8.01. The highest BCUT2D eigenvalue weighted by atomic mass is 16.5. The first-order valence-corrected chi connectivity index (χ1v) is 8.39. The van der Waals surface area contributed by atoms with Crippen LogP contribution in [0.3, 0.4) is 0 Å². The summed E-state index contributed by atoms with van der Waals surface area (Å²) in [6.07, 6.45) is 7.22. The minimum absolute atomic E-state index is 0.440. The van der Waals surface area contributed by atoms with Crippen LogP contribution in [0.4, 0.5) is 0 Å². The Morgan fingerprint density at radius 3 is 2.21 bits per heavy atom. The molecule has 0 bridgehead atoms. The maximum atomic E-state index is 6.21. The lowest BCUT2D eigenvalue weighted by atomic mass is 10.0. The van der Waals surface area contributed by atoms with Gasteiger partial charge in [-0.15, -0.1) is 0 Å². The molecule has 1 aliphatic rings. The third-order valence-electron chi connectivity index (χ3n) is 4.35. The molecule has 0 radical (unpaired) electrons. The van der Waals surface area contributed by atoms with E-state index in [1.807, 2.05) is 0 Å². The van der Waals surface area contributed by atoms with Crippen LogP contribution >= 0.6 is 0 Å². The van der Waals surface area contributed by atoms with Gasteiger partial charge in [0.25, 0.3) is 0 Å². The zero-order valence-corrected chi connectivity index (χ0v) is 13.8.